The minimum absolute atomic E-state index is 0.0229. The molecule has 0 saturated heterocycles. The zero-order chi connectivity index (χ0) is 22.9. The standard InChI is InChI=1S/C21H22ClF2N3O4/c1-21(2,10-28)9-25-20(31)18(29)17-16(22)15(14-4-3-7-27(14)17)19(30)26-11-5-6-12(23)13(24)8-11/h5-6,8,28H,3-4,7,9-10H2,1-2H3,(H,25,31)(H,26,30). The lowest BCUT2D eigenvalue weighted by molar-refractivity contribution is -0.117. The number of hydrogen-bond acceptors (Lipinski definition) is 4. The maximum Gasteiger partial charge on any atom is 0.294 e. The number of Topliss-reactive ketones (excluding diaryl/α,β-unsaturated/α-hetero) is 1. The number of nitrogens with zero attached hydrogens (tertiary/aromatic N) is 1. The van der Waals surface area contributed by atoms with Crippen LogP contribution in [0.15, 0.2) is 18.2 Å². The molecule has 166 valence electrons. The third-order valence-corrected chi connectivity index (χ3v) is 5.46. The molecule has 0 aliphatic carbocycles. The van der Waals surface area contributed by atoms with Crippen LogP contribution in [0.3, 0.4) is 0 Å². The Morgan fingerprint density at radius 2 is 1.94 bits per heavy atom. The smallest absolute Gasteiger partial charge is 0.294 e. The number of aliphatic hydroxyl groups is 1. The van der Waals surface area contributed by atoms with E-state index in [9.17, 15) is 28.3 Å². The van der Waals surface area contributed by atoms with Crippen molar-refractivity contribution in [3.63, 3.8) is 0 Å². The minimum atomic E-state index is -1.12. The van der Waals surface area contributed by atoms with Crippen molar-refractivity contribution in [2.45, 2.75) is 33.2 Å². The number of fused-ring (bicyclic) bond motifs is 1. The second-order valence-electron chi connectivity index (χ2n) is 8.16. The first-order valence-corrected chi connectivity index (χ1v) is 10.0. The van der Waals surface area contributed by atoms with Crippen LogP contribution in [0.25, 0.3) is 0 Å². The van der Waals surface area contributed by atoms with E-state index < -0.39 is 34.6 Å². The van der Waals surface area contributed by atoms with Gasteiger partial charge in [-0.25, -0.2) is 8.78 Å². The fraction of sp³-hybridized carbons (Fsp3) is 0.381. The first-order valence-electron chi connectivity index (χ1n) is 9.66. The van der Waals surface area contributed by atoms with Gasteiger partial charge in [0.25, 0.3) is 17.6 Å². The van der Waals surface area contributed by atoms with Crippen LogP contribution in [0.1, 0.15) is 46.8 Å². The van der Waals surface area contributed by atoms with Gasteiger partial charge in [0, 0.05) is 42.6 Å². The number of ketones is 1. The number of carbonyl (C=O) groups is 3. The lowest BCUT2D eigenvalue weighted by Gasteiger charge is -2.21. The number of anilines is 1. The van der Waals surface area contributed by atoms with Gasteiger partial charge in [-0.1, -0.05) is 25.4 Å². The lowest BCUT2D eigenvalue weighted by Crippen LogP contribution is -2.40. The molecule has 3 N–H and O–H groups in total. The van der Waals surface area contributed by atoms with Gasteiger partial charge in [0.05, 0.1) is 10.6 Å². The molecule has 0 atom stereocenters. The zero-order valence-electron chi connectivity index (χ0n) is 17.0. The highest BCUT2D eigenvalue weighted by atomic mass is 35.5. The third-order valence-electron chi connectivity index (χ3n) is 5.09. The summed E-state index contributed by atoms with van der Waals surface area (Å²) in [6.07, 6.45) is 1.12. The number of aliphatic hydroxyl groups excluding tert-OH is 1. The summed E-state index contributed by atoms with van der Waals surface area (Å²) >= 11 is 6.36. The van der Waals surface area contributed by atoms with E-state index in [4.69, 9.17) is 11.6 Å². The van der Waals surface area contributed by atoms with Crippen LogP contribution >= 0.6 is 11.6 Å². The third kappa shape index (κ3) is 4.62. The van der Waals surface area contributed by atoms with Crippen molar-refractivity contribution in [3.8, 4) is 0 Å². The molecule has 1 aliphatic heterocycles. The predicted molar refractivity (Wildman–Crippen MR) is 110 cm³/mol. The quantitative estimate of drug-likeness (QED) is 0.443. The van der Waals surface area contributed by atoms with Crippen molar-refractivity contribution < 1.29 is 28.3 Å². The number of rotatable bonds is 7. The largest absolute Gasteiger partial charge is 0.396 e. The first-order chi connectivity index (χ1) is 14.6. The molecule has 1 aliphatic rings. The van der Waals surface area contributed by atoms with Crippen molar-refractivity contribution in [2.24, 2.45) is 5.41 Å². The molecule has 0 unspecified atom stereocenters. The van der Waals surface area contributed by atoms with Crippen LogP contribution in [-0.2, 0) is 17.8 Å². The summed E-state index contributed by atoms with van der Waals surface area (Å²) in [5.74, 6) is -4.66. The average molecular weight is 454 g/mol. The average Bonchev–Trinajstić information content (AvgIpc) is 3.27. The molecule has 1 aromatic carbocycles. The van der Waals surface area contributed by atoms with Crippen molar-refractivity contribution in [1.29, 1.82) is 0 Å². The summed E-state index contributed by atoms with van der Waals surface area (Å²) in [6, 6.07) is 2.91. The molecule has 0 spiro atoms. The molecule has 10 heteroatoms. The fourth-order valence-electron chi connectivity index (χ4n) is 3.33. The summed E-state index contributed by atoms with van der Waals surface area (Å²) in [5.41, 5.74) is -0.164. The van der Waals surface area contributed by atoms with Gasteiger partial charge in [0.15, 0.2) is 11.6 Å². The molecule has 2 heterocycles. The van der Waals surface area contributed by atoms with Gasteiger partial charge in [0.2, 0.25) is 0 Å². The van der Waals surface area contributed by atoms with Crippen molar-refractivity contribution in [1.82, 2.24) is 9.88 Å². The van der Waals surface area contributed by atoms with E-state index in [-0.39, 0.29) is 35.1 Å². The SMILES string of the molecule is CC(C)(CO)CNC(=O)C(=O)c1c(Cl)c(C(=O)Nc2ccc(F)c(F)c2)c2n1CCC2. The van der Waals surface area contributed by atoms with Crippen molar-refractivity contribution >= 4 is 34.9 Å². The second-order valence-corrected chi connectivity index (χ2v) is 8.53. The fourth-order valence-corrected chi connectivity index (χ4v) is 3.71. The van der Waals surface area contributed by atoms with Gasteiger partial charge in [-0.2, -0.15) is 0 Å². The summed E-state index contributed by atoms with van der Waals surface area (Å²) in [6.45, 7) is 3.74. The zero-order valence-corrected chi connectivity index (χ0v) is 17.8. The molecule has 0 fully saturated rings. The molecular formula is C21H22ClF2N3O4. The van der Waals surface area contributed by atoms with E-state index in [0.29, 0.717) is 25.1 Å². The number of aromatic nitrogens is 1. The predicted octanol–water partition coefficient (Wildman–Crippen LogP) is 2.94. The number of carbonyl (C=O) groups excluding carboxylic acids is 3. The van der Waals surface area contributed by atoms with Crippen LogP contribution in [0, 0.1) is 17.0 Å². The Kier molecular flexibility index (Phi) is 6.47. The molecule has 3 rings (SSSR count). The first kappa shape index (κ1) is 22.9. The van der Waals surface area contributed by atoms with E-state index in [0.717, 1.165) is 12.1 Å². The Bertz CT molecular complexity index is 1070. The molecule has 2 aromatic rings. The summed E-state index contributed by atoms with van der Waals surface area (Å²) in [5, 5.41) is 14.1. The maximum atomic E-state index is 13.5. The Hall–Kier alpha value is -2.78. The van der Waals surface area contributed by atoms with Gasteiger partial charge >= 0.3 is 0 Å². The molecule has 0 bridgehead atoms. The van der Waals surface area contributed by atoms with Crippen LogP contribution in [0.5, 0.6) is 0 Å². The number of benzene rings is 1. The molecule has 2 amide bonds. The molecular weight excluding hydrogens is 432 g/mol. The van der Waals surface area contributed by atoms with Gasteiger partial charge in [-0.3, -0.25) is 14.4 Å². The van der Waals surface area contributed by atoms with Crippen LogP contribution < -0.4 is 10.6 Å². The molecule has 0 radical (unpaired) electrons. The molecule has 31 heavy (non-hydrogen) atoms. The van der Waals surface area contributed by atoms with E-state index in [1.54, 1.807) is 18.4 Å². The van der Waals surface area contributed by atoms with Gasteiger partial charge in [0.1, 0.15) is 5.69 Å². The molecule has 7 nitrogen and oxygen atoms in total. The van der Waals surface area contributed by atoms with E-state index in [2.05, 4.69) is 10.6 Å². The lowest BCUT2D eigenvalue weighted by atomic mass is 9.95. The van der Waals surface area contributed by atoms with Crippen molar-refractivity contribution in [2.75, 3.05) is 18.5 Å². The Balaban J connectivity index is 1.88. The molecule has 0 saturated carbocycles. The van der Waals surface area contributed by atoms with Gasteiger partial charge in [-0.05, 0) is 25.0 Å². The Morgan fingerprint density at radius 1 is 1.23 bits per heavy atom. The maximum absolute atomic E-state index is 13.5. The topological polar surface area (TPSA) is 100 Å². The van der Waals surface area contributed by atoms with Gasteiger partial charge < -0.3 is 20.3 Å². The summed E-state index contributed by atoms with van der Waals surface area (Å²) < 4.78 is 28.1. The second kappa shape index (κ2) is 8.76. The highest BCUT2D eigenvalue weighted by molar-refractivity contribution is 6.48. The van der Waals surface area contributed by atoms with E-state index >= 15 is 0 Å². The number of nitrogens with one attached hydrogen (secondary N) is 2. The number of hydrogen-bond donors (Lipinski definition) is 3. The highest BCUT2D eigenvalue weighted by Gasteiger charge is 2.34. The van der Waals surface area contributed by atoms with Crippen LogP contribution in [0.4, 0.5) is 14.5 Å². The van der Waals surface area contributed by atoms with E-state index in [1.807, 2.05) is 0 Å². The van der Waals surface area contributed by atoms with Crippen LogP contribution in [-0.4, -0.2) is 40.4 Å². The normalized spacial score (nSPS) is 13.1. The highest BCUT2D eigenvalue weighted by Crippen LogP contribution is 2.34. The molecule has 1 aromatic heterocycles. The number of amides is 2. The minimum Gasteiger partial charge on any atom is -0.396 e. The van der Waals surface area contributed by atoms with Gasteiger partial charge in [-0.15, -0.1) is 0 Å². The van der Waals surface area contributed by atoms with Crippen molar-refractivity contribution in [3.05, 3.63) is 51.8 Å². The summed E-state index contributed by atoms with van der Waals surface area (Å²) in [4.78, 5) is 38.0. The summed E-state index contributed by atoms with van der Waals surface area (Å²) in [7, 11) is 0. The van der Waals surface area contributed by atoms with Crippen LogP contribution in [0.2, 0.25) is 5.02 Å². The Morgan fingerprint density at radius 3 is 2.58 bits per heavy atom. The van der Waals surface area contributed by atoms with E-state index in [1.165, 1.54) is 6.07 Å². The monoisotopic (exact) mass is 453 g/mol. The number of halogens is 3. The Labute approximate surface area is 182 Å².